The van der Waals surface area contributed by atoms with Gasteiger partial charge in [0.05, 0.1) is 11.4 Å². The summed E-state index contributed by atoms with van der Waals surface area (Å²) < 4.78 is 0. The van der Waals surface area contributed by atoms with E-state index in [1.54, 1.807) is 23.5 Å². The van der Waals surface area contributed by atoms with Crippen LogP contribution < -0.4 is 10.4 Å². The molecule has 0 atom stereocenters. The summed E-state index contributed by atoms with van der Waals surface area (Å²) in [7, 11) is 0. The summed E-state index contributed by atoms with van der Waals surface area (Å²) in [6.07, 6.45) is 1.52. The number of fused-ring (bicyclic) bond motifs is 1. The van der Waals surface area contributed by atoms with Crippen molar-refractivity contribution >= 4 is 39.0 Å². The topological polar surface area (TPSA) is 77.9 Å². The van der Waals surface area contributed by atoms with Gasteiger partial charge in [0, 0.05) is 10.6 Å². The number of anilines is 2. The highest BCUT2D eigenvalue weighted by Crippen LogP contribution is 2.33. The van der Waals surface area contributed by atoms with E-state index in [9.17, 15) is 9.90 Å². The maximum Gasteiger partial charge on any atom is 0.142 e. The summed E-state index contributed by atoms with van der Waals surface area (Å²) in [6.45, 7) is 4.10. The first-order valence-electron chi connectivity index (χ1n) is 6.35. The molecule has 0 bridgehead atoms. The second-order valence-electron chi connectivity index (χ2n) is 4.68. The Bertz CT molecular complexity index is 825. The number of aromatic nitrogens is 2. The maximum absolute atomic E-state index is 10.7. The standard InChI is InChI=1S/C15H13N3O2S/c1-8-9(2)21-14-12(8)13(16-7-17-14)18-11-5-3-10(4-6-11)15(19)20/h3-7H,1-2H3,(H,19,20)(H,16,17,18)/p-1. The van der Waals surface area contributed by atoms with E-state index in [0.717, 1.165) is 27.3 Å². The van der Waals surface area contributed by atoms with Crippen molar-refractivity contribution in [1.82, 2.24) is 9.97 Å². The van der Waals surface area contributed by atoms with Crippen LogP contribution in [0.1, 0.15) is 20.8 Å². The number of aromatic carboxylic acids is 1. The van der Waals surface area contributed by atoms with Crippen molar-refractivity contribution in [3.05, 3.63) is 46.6 Å². The van der Waals surface area contributed by atoms with Gasteiger partial charge in [0.1, 0.15) is 17.0 Å². The predicted molar refractivity (Wildman–Crippen MR) is 80.9 cm³/mol. The molecule has 1 N–H and O–H groups in total. The minimum Gasteiger partial charge on any atom is -0.545 e. The van der Waals surface area contributed by atoms with Crippen molar-refractivity contribution in [2.45, 2.75) is 13.8 Å². The Hall–Kier alpha value is -2.47. The summed E-state index contributed by atoms with van der Waals surface area (Å²) in [5.74, 6) is -0.460. The molecular weight excluding hydrogens is 286 g/mol. The Morgan fingerprint density at radius 1 is 1.19 bits per heavy atom. The van der Waals surface area contributed by atoms with Gasteiger partial charge in [-0.25, -0.2) is 9.97 Å². The van der Waals surface area contributed by atoms with Crippen molar-refractivity contribution in [2.75, 3.05) is 5.32 Å². The Morgan fingerprint density at radius 3 is 2.57 bits per heavy atom. The van der Waals surface area contributed by atoms with Gasteiger partial charge in [-0.1, -0.05) is 12.1 Å². The van der Waals surface area contributed by atoms with Gasteiger partial charge in [0.2, 0.25) is 0 Å². The molecular formula is C15H12N3O2S-. The zero-order valence-corrected chi connectivity index (χ0v) is 12.3. The molecule has 6 heteroatoms. The van der Waals surface area contributed by atoms with Crippen molar-refractivity contribution in [2.24, 2.45) is 0 Å². The summed E-state index contributed by atoms with van der Waals surface area (Å²) in [4.78, 5) is 21.5. The monoisotopic (exact) mass is 298 g/mol. The Labute approximate surface area is 125 Å². The largest absolute Gasteiger partial charge is 0.545 e. The lowest BCUT2D eigenvalue weighted by Crippen LogP contribution is -2.21. The molecule has 0 saturated carbocycles. The number of thiophene rings is 1. The maximum atomic E-state index is 10.7. The van der Waals surface area contributed by atoms with Crippen LogP contribution >= 0.6 is 11.3 Å². The lowest BCUT2D eigenvalue weighted by Gasteiger charge is -2.08. The second-order valence-corrected chi connectivity index (χ2v) is 5.88. The first-order chi connectivity index (χ1) is 10.1. The fourth-order valence-electron chi connectivity index (χ4n) is 2.10. The molecule has 21 heavy (non-hydrogen) atoms. The van der Waals surface area contributed by atoms with Gasteiger partial charge in [-0.15, -0.1) is 11.3 Å². The van der Waals surface area contributed by atoms with E-state index in [1.165, 1.54) is 23.3 Å². The number of carbonyl (C=O) groups excluding carboxylic acids is 1. The Balaban J connectivity index is 2.00. The molecule has 3 rings (SSSR count). The van der Waals surface area contributed by atoms with Crippen LogP contribution in [-0.2, 0) is 0 Å². The molecule has 0 spiro atoms. The third kappa shape index (κ3) is 2.45. The number of nitrogens with one attached hydrogen (secondary N) is 1. The van der Waals surface area contributed by atoms with Crippen molar-refractivity contribution < 1.29 is 9.90 Å². The van der Waals surface area contributed by atoms with E-state index in [2.05, 4.69) is 22.2 Å². The van der Waals surface area contributed by atoms with E-state index in [-0.39, 0.29) is 5.56 Å². The average Bonchev–Trinajstić information content (AvgIpc) is 2.76. The molecule has 5 nitrogen and oxygen atoms in total. The van der Waals surface area contributed by atoms with Gasteiger partial charge >= 0.3 is 0 Å². The number of nitrogens with zero attached hydrogens (tertiary/aromatic N) is 2. The van der Waals surface area contributed by atoms with Gasteiger partial charge in [-0.3, -0.25) is 0 Å². The lowest BCUT2D eigenvalue weighted by atomic mass is 10.2. The Kier molecular flexibility index (Phi) is 3.31. The zero-order valence-electron chi connectivity index (χ0n) is 11.5. The van der Waals surface area contributed by atoms with Gasteiger partial charge in [-0.2, -0.15) is 0 Å². The highest BCUT2D eigenvalue weighted by molar-refractivity contribution is 7.18. The third-order valence-corrected chi connectivity index (χ3v) is 4.46. The fourth-order valence-corrected chi connectivity index (χ4v) is 3.10. The fraction of sp³-hybridized carbons (Fsp3) is 0.133. The molecule has 0 aliphatic heterocycles. The molecule has 0 unspecified atom stereocenters. The normalized spacial score (nSPS) is 10.8. The molecule has 0 saturated heterocycles. The minimum absolute atomic E-state index is 0.149. The summed E-state index contributed by atoms with van der Waals surface area (Å²) >= 11 is 1.63. The molecule has 2 aromatic heterocycles. The lowest BCUT2D eigenvalue weighted by molar-refractivity contribution is -0.255. The van der Waals surface area contributed by atoms with Crippen LogP contribution in [0, 0.1) is 13.8 Å². The molecule has 106 valence electrons. The molecule has 2 heterocycles. The second kappa shape index (κ2) is 5.14. The van der Waals surface area contributed by atoms with E-state index in [4.69, 9.17) is 0 Å². The first kappa shape index (κ1) is 13.5. The Morgan fingerprint density at radius 2 is 1.90 bits per heavy atom. The number of hydrogen-bond acceptors (Lipinski definition) is 6. The van der Waals surface area contributed by atoms with E-state index in [1.807, 2.05) is 6.92 Å². The van der Waals surface area contributed by atoms with Crippen molar-refractivity contribution in [3.8, 4) is 0 Å². The smallest absolute Gasteiger partial charge is 0.142 e. The number of carbonyl (C=O) groups is 1. The number of carboxylic acids is 1. The van der Waals surface area contributed by atoms with Crippen LogP contribution in [0.25, 0.3) is 10.2 Å². The summed E-state index contributed by atoms with van der Waals surface area (Å²) in [6, 6.07) is 6.38. The van der Waals surface area contributed by atoms with Crippen LogP contribution in [0.15, 0.2) is 30.6 Å². The molecule has 1 aromatic carbocycles. The number of benzene rings is 1. The predicted octanol–water partition coefficient (Wildman–Crippen LogP) is 2.42. The summed E-state index contributed by atoms with van der Waals surface area (Å²) in [5.41, 5.74) is 2.07. The highest BCUT2D eigenvalue weighted by atomic mass is 32.1. The van der Waals surface area contributed by atoms with Gasteiger partial charge in [-0.05, 0) is 37.1 Å². The molecule has 0 amide bonds. The summed E-state index contributed by atoms with van der Waals surface area (Å²) in [5, 5.41) is 15.0. The van der Waals surface area contributed by atoms with Gasteiger partial charge in [0.25, 0.3) is 0 Å². The van der Waals surface area contributed by atoms with E-state index >= 15 is 0 Å². The first-order valence-corrected chi connectivity index (χ1v) is 7.17. The average molecular weight is 298 g/mol. The molecule has 0 aliphatic carbocycles. The third-order valence-electron chi connectivity index (χ3n) is 3.35. The highest BCUT2D eigenvalue weighted by Gasteiger charge is 2.11. The molecule has 0 radical (unpaired) electrons. The van der Waals surface area contributed by atoms with E-state index in [0.29, 0.717) is 0 Å². The molecule has 0 fully saturated rings. The van der Waals surface area contributed by atoms with Gasteiger partial charge in [0.15, 0.2) is 0 Å². The van der Waals surface area contributed by atoms with Crippen LogP contribution in [0.2, 0.25) is 0 Å². The number of carboxylic acid groups (broad SMARTS) is 1. The number of rotatable bonds is 3. The molecule has 0 aliphatic rings. The van der Waals surface area contributed by atoms with Crippen LogP contribution in [0.4, 0.5) is 11.5 Å². The number of aryl methyl sites for hydroxylation is 2. The zero-order chi connectivity index (χ0) is 15.0. The van der Waals surface area contributed by atoms with Crippen molar-refractivity contribution in [3.63, 3.8) is 0 Å². The number of hydrogen-bond donors (Lipinski definition) is 1. The van der Waals surface area contributed by atoms with Crippen LogP contribution in [0.3, 0.4) is 0 Å². The quantitative estimate of drug-likeness (QED) is 0.803. The van der Waals surface area contributed by atoms with Crippen LogP contribution in [-0.4, -0.2) is 15.9 Å². The van der Waals surface area contributed by atoms with Crippen LogP contribution in [0.5, 0.6) is 0 Å². The van der Waals surface area contributed by atoms with Crippen molar-refractivity contribution in [1.29, 1.82) is 0 Å². The van der Waals surface area contributed by atoms with E-state index < -0.39 is 5.97 Å². The minimum atomic E-state index is -1.18. The van der Waals surface area contributed by atoms with Gasteiger partial charge < -0.3 is 15.2 Å². The SMILES string of the molecule is Cc1sc2ncnc(Nc3ccc(C(=O)[O-])cc3)c2c1C. The molecule has 3 aromatic rings.